The van der Waals surface area contributed by atoms with Crippen molar-refractivity contribution in [2.45, 2.75) is 13.0 Å². The molecule has 6 heteroatoms. The molecule has 2 aromatic rings. The van der Waals surface area contributed by atoms with Crippen LogP contribution in [0, 0.1) is 0 Å². The molecule has 3 heterocycles. The summed E-state index contributed by atoms with van der Waals surface area (Å²) in [5.41, 5.74) is 0.471. The highest BCUT2D eigenvalue weighted by molar-refractivity contribution is 7.18. The molecule has 0 amide bonds. The van der Waals surface area contributed by atoms with Crippen LogP contribution in [0.5, 0.6) is 0 Å². The number of thiophene rings is 1. The number of nitrogens with zero attached hydrogens (tertiary/aromatic N) is 1. The minimum absolute atomic E-state index is 0.210. The normalized spacial score (nSPS) is 15.3. The summed E-state index contributed by atoms with van der Waals surface area (Å²) in [7, 11) is 1.49. The Morgan fingerprint density at radius 3 is 3.06 bits per heavy atom. The van der Waals surface area contributed by atoms with Gasteiger partial charge in [-0.1, -0.05) is 0 Å². The van der Waals surface area contributed by atoms with Crippen molar-refractivity contribution >= 4 is 21.6 Å². The predicted molar refractivity (Wildman–Crippen MR) is 61.0 cm³/mol. The van der Waals surface area contributed by atoms with Crippen LogP contribution in [-0.2, 0) is 24.8 Å². The summed E-state index contributed by atoms with van der Waals surface area (Å²) in [4.78, 5) is 27.9. The predicted octanol–water partition coefficient (Wildman–Crippen LogP) is 0.361. The van der Waals surface area contributed by atoms with Gasteiger partial charge in [-0.25, -0.2) is 4.79 Å². The van der Waals surface area contributed by atoms with Gasteiger partial charge in [0.05, 0.1) is 18.6 Å². The first kappa shape index (κ1) is 9.80. The Balaban J connectivity index is 2.50. The zero-order valence-corrected chi connectivity index (χ0v) is 9.52. The molecule has 0 saturated heterocycles. The lowest BCUT2D eigenvalue weighted by molar-refractivity contribution is 0.114. The molecule has 0 aromatic carbocycles. The molecule has 0 aliphatic carbocycles. The zero-order chi connectivity index (χ0) is 11.3. The van der Waals surface area contributed by atoms with Crippen LogP contribution in [-0.4, -0.2) is 16.2 Å². The summed E-state index contributed by atoms with van der Waals surface area (Å²) in [6, 6.07) is 0. The molecule has 3 rings (SSSR count). The Kier molecular flexibility index (Phi) is 2.02. The molecular weight excluding hydrogens is 228 g/mol. The topological polar surface area (TPSA) is 64.1 Å². The molecule has 5 nitrogen and oxygen atoms in total. The molecule has 84 valence electrons. The number of ether oxygens (including phenoxy) is 1. The van der Waals surface area contributed by atoms with Gasteiger partial charge < -0.3 is 4.74 Å². The van der Waals surface area contributed by atoms with Crippen molar-refractivity contribution in [2.24, 2.45) is 7.05 Å². The van der Waals surface area contributed by atoms with E-state index in [2.05, 4.69) is 4.98 Å². The summed E-state index contributed by atoms with van der Waals surface area (Å²) in [6.07, 6.45) is 0.747. The second-order valence-electron chi connectivity index (χ2n) is 3.80. The standard InChI is InChI=1S/C10H10N2O3S/c1-12-9(13)7-5-2-3-15-4-6(5)16-8(7)11-10(12)14/h2-4H2,1H3,(H,11,14). The van der Waals surface area contributed by atoms with E-state index >= 15 is 0 Å². The van der Waals surface area contributed by atoms with Gasteiger partial charge in [-0.3, -0.25) is 14.3 Å². The summed E-state index contributed by atoms with van der Waals surface area (Å²) in [5.74, 6) is 0. The second-order valence-corrected chi connectivity index (χ2v) is 4.91. The number of fused-ring (bicyclic) bond motifs is 3. The summed E-state index contributed by atoms with van der Waals surface area (Å²) >= 11 is 1.44. The van der Waals surface area contributed by atoms with Crippen molar-refractivity contribution in [3.05, 3.63) is 31.3 Å². The first-order valence-corrected chi connectivity index (χ1v) is 5.81. The van der Waals surface area contributed by atoms with E-state index in [1.165, 1.54) is 18.4 Å². The molecule has 16 heavy (non-hydrogen) atoms. The number of aromatic nitrogens is 2. The van der Waals surface area contributed by atoms with E-state index in [-0.39, 0.29) is 11.2 Å². The van der Waals surface area contributed by atoms with Crippen molar-refractivity contribution in [1.82, 2.24) is 9.55 Å². The molecule has 0 spiro atoms. The van der Waals surface area contributed by atoms with E-state index in [0.717, 1.165) is 21.4 Å². The monoisotopic (exact) mass is 238 g/mol. The van der Waals surface area contributed by atoms with E-state index in [4.69, 9.17) is 4.74 Å². The van der Waals surface area contributed by atoms with E-state index in [1.54, 1.807) is 0 Å². The molecule has 1 aliphatic rings. The number of hydrogen-bond acceptors (Lipinski definition) is 4. The average molecular weight is 238 g/mol. The highest BCUT2D eigenvalue weighted by Gasteiger charge is 2.20. The molecule has 1 N–H and O–H groups in total. The first-order valence-electron chi connectivity index (χ1n) is 5.00. The van der Waals surface area contributed by atoms with E-state index in [1.807, 2.05) is 0 Å². The lowest BCUT2D eigenvalue weighted by Crippen LogP contribution is -2.32. The molecule has 0 bridgehead atoms. The van der Waals surface area contributed by atoms with Crippen LogP contribution in [0.2, 0.25) is 0 Å². The summed E-state index contributed by atoms with van der Waals surface area (Å²) in [5, 5.41) is 0.658. The number of nitrogens with one attached hydrogen (secondary N) is 1. The molecule has 0 fully saturated rings. The largest absolute Gasteiger partial charge is 0.376 e. The number of hydrogen-bond donors (Lipinski definition) is 1. The Morgan fingerprint density at radius 1 is 1.44 bits per heavy atom. The lowest BCUT2D eigenvalue weighted by atomic mass is 10.1. The SMILES string of the molecule is Cn1c(=O)[nH]c2sc3c(c2c1=O)CCOC3. The lowest BCUT2D eigenvalue weighted by Gasteiger charge is -2.11. The average Bonchev–Trinajstić information content (AvgIpc) is 2.64. The minimum Gasteiger partial charge on any atom is -0.376 e. The van der Waals surface area contributed by atoms with Gasteiger partial charge in [0.15, 0.2) is 0 Å². The smallest absolute Gasteiger partial charge is 0.329 e. The Bertz CT molecular complexity index is 680. The highest BCUT2D eigenvalue weighted by atomic mass is 32.1. The van der Waals surface area contributed by atoms with Gasteiger partial charge >= 0.3 is 5.69 Å². The van der Waals surface area contributed by atoms with Gasteiger partial charge in [-0.2, -0.15) is 0 Å². The second kappa shape index (κ2) is 3.29. The van der Waals surface area contributed by atoms with Gasteiger partial charge in [0.1, 0.15) is 4.83 Å². The summed E-state index contributed by atoms with van der Waals surface area (Å²) in [6.45, 7) is 1.18. The van der Waals surface area contributed by atoms with Crippen molar-refractivity contribution < 1.29 is 4.74 Å². The summed E-state index contributed by atoms with van der Waals surface area (Å²) < 4.78 is 6.45. The van der Waals surface area contributed by atoms with Gasteiger partial charge in [0.25, 0.3) is 5.56 Å². The molecule has 0 saturated carbocycles. The van der Waals surface area contributed by atoms with Crippen molar-refractivity contribution in [2.75, 3.05) is 6.61 Å². The van der Waals surface area contributed by atoms with Gasteiger partial charge in [-0.05, 0) is 12.0 Å². The van der Waals surface area contributed by atoms with Crippen LogP contribution in [0.15, 0.2) is 9.59 Å². The van der Waals surface area contributed by atoms with Crippen molar-refractivity contribution in [3.8, 4) is 0 Å². The molecular formula is C10H10N2O3S. The van der Waals surface area contributed by atoms with E-state index in [0.29, 0.717) is 23.4 Å². The zero-order valence-electron chi connectivity index (χ0n) is 8.70. The van der Waals surface area contributed by atoms with Crippen LogP contribution in [0.3, 0.4) is 0 Å². The number of aromatic amines is 1. The highest BCUT2D eigenvalue weighted by Crippen LogP contribution is 2.30. The van der Waals surface area contributed by atoms with Crippen LogP contribution in [0.4, 0.5) is 0 Å². The number of rotatable bonds is 0. The van der Waals surface area contributed by atoms with Gasteiger partial charge in [-0.15, -0.1) is 11.3 Å². The molecule has 0 atom stereocenters. The van der Waals surface area contributed by atoms with E-state index in [9.17, 15) is 9.59 Å². The van der Waals surface area contributed by atoms with Crippen LogP contribution in [0.1, 0.15) is 10.4 Å². The first-order chi connectivity index (χ1) is 7.68. The maximum atomic E-state index is 12.0. The third-order valence-electron chi connectivity index (χ3n) is 2.86. The number of H-pyrrole nitrogens is 1. The van der Waals surface area contributed by atoms with E-state index < -0.39 is 0 Å². The minimum atomic E-state index is -0.364. The Hall–Kier alpha value is -1.40. The third kappa shape index (κ3) is 1.20. The molecule has 2 aromatic heterocycles. The van der Waals surface area contributed by atoms with Crippen molar-refractivity contribution in [3.63, 3.8) is 0 Å². The third-order valence-corrected chi connectivity index (χ3v) is 3.98. The maximum absolute atomic E-state index is 12.0. The Labute approximate surface area is 94.3 Å². The van der Waals surface area contributed by atoms with Gasteiger partial charge in [0.2, 0.25) is 0 Å². The molecule has 0 unspecified atom stereocenters. The van der Waals surface area contributed by atoms with Crippen LogP contribution in [0.25, 0.3) is 10.2 Å². The fourth-order valence-electron chi connectivity index (χ4n) is 1.99. The molecule has 0 radical (unpaired) electrons. The quantitative estimate of drug-likeness (QED) is 0.720. The Morgan fingerprint density at radius 2 is 2.25 bits per heavy atom. The van der Waals surface area contributed by atoms with Crippen molar-refractivity contribution in [1.29, 1.82) is 0 Å². The fourth-order valence-corrected chi connectivity index (χ4v) is 3.15. The molecule has 1 aliphatic heterocycles. The van der Waals surface area contributed by atoms with Gasteiger partial charge in [0, 0.05) is 11.9 Å². The van der Waals surface area contributed by atoms with Crippen LogP contribution < -0.4 is 11.2 Å². The maximum Gasteiger partial charge on any atom is 0.329 e. The van der Waals surface area contributed by atoms with Crippen LogP contribution >= 0.6 is 11.3 Å². The fraction of sp³-hybridized carbons (Fsp3) is 0.400.